The van der Waals surface area contributed by atoms with Gasteiger partial charge in [0.05, 0.1) is 5.69 Å². The molecule has 0 spiro atoms. The van der Waals surface area contributed by atoms with Gasteiger partial charge in [-0.3, -0.25) is 4.79 Å². The number of carbonyl (C=O) groups is 1. The minimum absolute atomic E-state index is 0.0672. The zero-order chi connectivity index (χ0) is 13.1. The Morgan fingerprint density at radius 2 is 2.17 bits per heavy atom. The first kappa shape index (κ1) is 12.6. The monoisotopic (exact) mass is 264 g/mol. The van der Waals surface area contributed by atoms with E-state index in [0.29, 0.717) is 10.8 Å². The molecule has 2 rings (SSSR count). The van der Waals surface area contributed by atoms with Crippen LogP contribution < -0.4 is 4.74 Å². The Bertz CT molecular complexity index is 578. The normalized spacial score (nSPS) is 10.4. The molecule has 2 aromatic rings. The van der Waals surface area contributed by atoms with E-state index in [-0.39, 0.29) is 12.5 Å². The Labute approximate surface area is 110 Å². The van der Waals surface area contributed by atoms with Crippen molar-refractivity contribution in [3.05, 3.63) is 46.7 Å². The molecule has 0 bridgehead atoms. The molecule has 0 aliphatic rings. The average molecular weight is 265 g/mol. The second-order valence-corrected chi connectivity index (χ2v) is 4.42. The fraction of sp³-hybridized carbons (Fsp3) is 0.231. The molecule has 0 fully saturated rings. The molecule has 0 aliphatic heterocycles. The molecule has 18 heavy (non-hydrogen) atoms. The molecule has 0 saturated heterocycles. The second-order valence-electron chi connectivity index (χ2n) is 3.98. The van der Waals surface area contributed by atoms with E-state index in [1.54, 1.807) is 24.3 Å². The van der Waals surface area contributed by atoms with Crippen LogP contribution in [0.2, 0.25) is 5.02 Å². The van der Waals surface area contributed by atoms with E-state index in [1.807, 2.05) is 19.9 Å². The second kappa shape index (κ2) is 5.23. The lowest BCUT2D eigenvalue weighted by molar-refractivity contribution is 0.0818. The molecule has 0 unspecified atom stereocenters. The fourth-order valence-electron chi connectivity index (χ4n) is 1.64. The molecular formula is C13H13ClN2O2. The standard InChI is InChI=1S/C13H13ClN2O2/c1-9-6-10(2)16(15-9)13(17)8-18-12-5-3-4-11(14)7-12/h3-7H,8H2,1-2H3. The van der Waals surface area contributed by atoms with Gasteiger partial charge in [-0.2, -0.15) is 5.10 Å². The largest absolute Gasteiger partial charge is 0.484 e. The summed E-state index contributed by atoms with van der Waals surface area (Å²) in [6, 6.07) is 8.77. The van der Waals surface area contributed by atoms with Crippen molar-refractivity contribution < 1.29 is 9.53 Å². The lowest BCUT2D eigenvalue weighted by Crippen LogP contribution is -2.21. The van der Waals surface area contributed by atoms with Crippen LogP contribution in [0.25, 0.3) is 0 Å². The third-order valence-corrected chi connectivity index (χ3v) is 2.64. The lowest BCUT2D eigenvalue weighted by Gasteiger charge is -2.06. The van der Waals surface area contributed by atoms with Gasteiger partial charge in [-0.1, -0.05) is 17.7 Å². The third-order valence-electron chi connectivity index (χ3n) is 2.40. The van der Waals surface area contributed by atoms with Crippen molar-refractivity contribution in [2.45, 2.75) is 13.8 Å². The van der Waals surface area contributed by atoms with Crippen LogP contribution in [-0.4, -0.2) is 22.3 Å². The van der Waals surface area contributed by atoms with Crippen LogP contribution >= 0.6 is 11.6 Å². The number of rotatable bonds is 3. The van der Waals surface area contributed by atoms with Gasteiger partial charge < -0.3 is 4.74 Å². The van der Waals surface area contributed by atoms with E-state index in [1.165, 1.54) is 4.68 Å². The zero-order valence-corrected chi connectivity index (χ0v) is 10.9. The number of nitrogens with zero attached hydrogens (tertiary/aromatic N) is 2. The number of hydrogen-bond acceptors (Lipinski definition) is 3. The van der Waals surface area contributed by atoms with Gasteiger partial charge >= 0.3 is 0 Å². The highest BCUT2D eigenvalue weighted by atomic mass is 35.5. The van der Waals surface area contributed by atoms with Crippen molar-refractivity contribution in [1.29, 1.82) is 0 Å². The summed E-state index contributed by atoms with van der Waals surface area (Å²) in [5.41, 5.74) is 1.61. The number of ether oxygens (including phenoxy) is 1. The molecular weight excluding hydrogens is 252 g/mol. The van der Waals surface area contributed by atoms with Gasteiger partial charge in [-0.25, -0.2) is 4.68 Å². The highest BCUT2D eigenvalue weighted by Crippen LogP contribution is 2.17. The minimum Gasteiger partial charge on any atom is -0.484 e. The summed E-state index contributed by atoms with van der Waals surface area (Å²) in [5, 5.41) is 4.68. The first-order valence-corrected chi connectivity index (χ1v) is 5.89. The molecule has 0 N–H and O–H groups in total. The minimum atomic E-state index is -0.208. The predicted molar refractivity (Wildman–Crippen MR) is 69.3 cm³/mol. The highest BCUT2D eigenvalue weighted by molar-refractivity contribution is 6.30. The molecule has 0 atom stereocenters. The fourth-order valence-corrected chi connectivity index (χ4v) is 1.82. The van der Waals surface area contributed by atoms with Crippen molar-refractivity contribution in [2.24, 2.45) is 0 Å². The number of carbonyl (C=O) groups excluding carboxylic acids is 1. The zero-order valence-electron chi connectivity index (χ0n) is 10.2. The van der Waals surface area contributed by atoms with E-state index in [0.717, 1.165) is 11.4 Å². The van der Waals surface area contributed by atoms with Crippen LogP contribution in [0.5, 0.6) is 5.75 Å². The van der Waals surface area contributed by atoms with Crippen LogP contribution in [0.3, 0.4) is 0 Å². The molecule has 1 heterocycles. The van der Waals surface area contributed by atoms with Gasteiger partial charge in [0.15, 0.2) is 6.61 Å². The van der Waals surface area contributed by atoms with E-state index in [2.05, 4.69) is 5.10 Å². The first-order valence-electron chi connectivity index (χ1n) is 5.51. The number of aromatic nitrogens is 2. The van der Waals surface area contributed by atoms with Crippen LogP contribution in [0.4, 0.5) is 0 Å². The third kappa shape index (κ3) is 2.90. The van der Waals surface area contributed by atoms with Crippen LogP contribution in [0.1, 0.15) is 16.2 Å². The van der Waals surface area contributed by atoms with E-state index in [9.17, 15) is 4.79 Å². The quantitative estimate of drug-likeness (QED) is 0.856. The molecule has 0 radical (unpaired) electrons. The Hall–Kier alpha value is -1.81. The number of benzene rings is 1. The SMILES string of the molecule is Cc1cc(C)n(C(=O)COc2cccc(Cl)c2)n1. The molecule has 1 aromatic carbocycles. The highest BCUT2D eigenvalue weighted by Gasteiger charge is 2.10. The average Bonchev–Trinajstić information content (AvgIpc) is 2.66. The predicted octanol–water partition coefficient (Wildman–Crippen LogP) is 2.87. The smallest absolute Gasteiger partial charge is 0.284 e. The summed E-state index contributed by atoms with van der Waals surface area (Å²) in [4.78, 5) is 11.9. The maximum atomic E-state index is 11.9. The van der Waals surface area contributed by atoms with Crippen molar-refractivity contribution >= 4 is 17.5 Å². The molecule has 4 nitrogen and oxygen atoms in total. The Balaban J connectivity index is 2.03. The molecule has 0 amide bonds. The van der Waals surface area contributed by atoms with Gasteiger partial charge in [-0.15, -0.1) is 0 Å². The molecule has 0 aliphatic carbocycles. The van der Waals surface area contributed by atoms with Crippen LogP contribution in [-0.2, 0) is 0 Å². The van der Waals surface area contributed by atoms with Crippen LogP contribution in [0, 0.1) is 13.8 Å². The Morgan fingerprint density at radius 3 is 2.78 bits per heavy atom. The molecule has 94 valence electrons. The molecule has 0 saturated carbocycles. The maximum absolute atomic E-state index is 11.9. The van der Waals surface area contributed by atoms with Crippen molar-refractivity contribution in [3.8, 4) is 5.75 Å². The topological polar surface area (TPSA) is 44.1 Å². The summed E-state index contributed by atoms with van der Waals surface area (Å²) in [5.74, 6) is 0.359. The summed E-state index contributed by atoms with van der Waals surface area (Å²) in [6.45, 7) is 3.61. The van der Waals surface area contributed by atoms with Gasteiger partial charge in [0.25, 0.3) is 5.91 Å². The van der Waals surface area contributed by atoms with Crippen LogP contribution in [0.15, 0.2) is 30.3 Å². The van der Waals surface area contributed by atoms with E-state index >= 15 is 0 Å². The molecule has 5 heteroatoms. The van der Waals surface area contributed by atoms with Gasteiger partial charge in [-0.05, 0) is 38.1 Å². The number of aryl methyl sites for hydroxylation is 2. The number of hydrogen-bond donors (Lipinski definition) is 0. The Kier molecular flexibility index (Phi) is 3.67. The lowest BCUT2D eigenvalue weighted by atomic mass is 10.3. The summed E-state index contributed by atoms with van der Waals surface area (Å²) in [6.07, 6.45) is 0. The van der Waals surface area contributed by atoms with Crippen molar-refractivity contribution in [3.63, 3.8) is 0 Å². The maximum Gasteiger partial charge on any atom is 0.284 e. The van der Waals surface area contributed by atoms with Crippen molar-refractivity contribution in [2.75, 3.05) is 6.61 Å². The van der Waals surface area contributed by atoms with Crippen molar-refractivity contribution in [1.82, 2.24) is 9.78 Å². The first-order chi connectivity index (χ1) is 8.56. The van der Waals surface area contributed by atoms with E-state index in [4.69, 9.17) is 16.3 Å². The summed E-state index contributed by atoms with van der Waals surface area (Å²) >= 11 is 5.82. The Morgan fingerprint density at radius 1 is 1.39 bits per heavy atom. The van der Waals surface area contributed by atoms with Gasteiger partial charge in [0, 0.05) is 10.7 Å². The summed E-state index contributed by atoms with van der Waals surface area (Å²) in [7, 11) is 0. The van der Waals surface area contributed by atoms with Gasteiger partial charge in [0.1, 0.15) is 5.75 Å². The van der Waals surface area contributed by atoms with E-state index < -0.39 is 0 Å². The van der Waals surface area contributed by atoms with Gasteiger partial charge in [0.2, 0.25) is 0 Å². The number of halogens is 1. The summed E-state index contributed by atoms with van der Waals surface area (Å²) < 4.78 is 6.72. The molecule has 1 aromatic heterocycles.